The lowest BCUT2D eigenvalue weighted by Gasteiger charge is -2.52. The molecule has 0 nitrogen and oxygen atoms in total. The van der Waals surface area contributed by atoms with Crippen LogP contribution in [0, 0.1) is 0 Å². The molecule has 0 aromatic carbocycles. The van der Waals surface area contributed by atoms with Crippen LogP contribution in [0.2, 0.25) is 24.2 Å². The molecule has 3 heterocycles. The van der Waals surface area contributed by atoms with Gasteiger partial charge in [-0.3, -0.25) is 0 Å². The third-order valence-corrected chi connectivity index (χ3v) is 29.3. The molecule has 0 fully saturated rings. The van der Waals surface area contributed by atoms with E-state index in [0.717, 1.165) is 0 Å². The molecule has 0 saturated heterocycles. The van der Waals surface area contributed by atoms with E-state index in [1.54, 1.807) is 33.9 Å². The molecule has 0 aliphatic carbocycles. The molecule has 0 radical (unpaired) electrons. The average Bonchev–Trinajstić information content (AvgIpc) is 3.39. The number of thiophene rings is 2. The second-order valence-corrected chi connectivity index (χ2v) is 23.9. The van der Waals surface area contributed by atoms with Crippen molar-refractivity contribution in [2.75, 3.05) is 0 Å². The molecule has 0 N–H and O–H groups in total. The molecule has 0 spiro atoms. The van der Waals surface area contributed by atoms with E-state index in [1.807, 2.05) is 10.4 Å². The normalized spacial score (nSPS) is 16.7. The Kier molecular flexibility index (Phi) is 8.23. The van der Waals surface area contributed by atoms with Crippen LogP contribution >= 0.6 is 22.7 Å². The second-order valence-electron chi connectivity index (χ2n) is 8.91. The minimum Gasteiger partial charge on any atom is -0.143 e. The summed E-state index contributed by atoms with van der Waals surface area (Å²) in [5.41, 5.74) is 0. The number of unbranched alkanes of at least 4 members (excludes halogenated alkanes) is 4. The van der Waals surface area contributed by atoms with E-state index < -0.39 is 15.2 Å². The van der Waals surface area contributed by atoms with Crippen molar-refractivity contribution in [1.82, 2.24) is 0 Å². The molecule has 0 unspecified atom stereocenters. The Bertz CT molecular complexity index is 652. The molecular formula is C24H40S2Si2. The van der Waals surface area contributed by atoms with Crippen LogP contribution in [-0.4, -0.2) is 15.2 Å². The predicted molar refractivity (Wildman–Crippen MR) is 137 cm³/mol. The average molecular weight is 449 g/mol. The molecule has 0 atom stereocenters. The maximum atomic E-state index is 2.62. The lowest BCUT2D eigenvalue weighted by atomic mass is 10.3. The minimum atomic E-state index is -1.51. The van der Waals surface area contributed by atoms with E-state index >= 15 is 0 Å². The van der Waals surface area contributed by atoms with Gasteiger partial charge in [0.1, 0.15) is 0 Å². The van der Waals surface area contributed by atoms with Crippen molar-refractivity contribution >= 4 is 48.2 Å². The Labute approximate surface area is 183 Å². The molecule has 1 aliphatic heterocycles. The van der Waals surface area contributed by atoms with Gasteiger partial charge in [-0.25, -0.2) is 0 Å². The summed E-state index contributed by atoms with van der Waals surface area (Å²) in [6.45, 7) is 9.65. The Balaban J connectivity index is 2.25. The Morgan fingerprint density at radius 3 is 1.18 bits per heavy atom. The van der Waals surface area contributed by atoms with Crippen LogP contribution < -0.4 is 10.4 Å². The smallest absolute Gasteiger partial charge is 0.0876 e. The summed E-state index contributed by atoms with van der Waals surface area (Å²) in [7, 11) is -3.01. The first kappa shape index (κ1) is 22.5. The number of fused-ring (bicyclic) bond motifs is 3. The Morgan fingerprint density at radius 2 is 0.893 bits per heavy atom. The summed E-state index contributed by atoms with van der Waals surface area (Å²) in [6, 6.07) is 11.5. The largest absolute Gasteiger partial charge is 0.143 e. The number of rotatable bonds is 12. The third kappa shape index (κ3) is 3.79. The Morgan fingerprint density at radius 1 is 0.571 bits per heavy atom. The first-order valence-electron chi connectivity index (χ1n) is 11.9. The van der Waals surface area contributed by atoms with Crippen LogP contribution in [0.4, 0.5) is 0 Å². The highest BCUT2D eigenvalue weighted by atomic mass is 32.1. The fourth-order valence-corrected chi connectivity index (χ4v) is 32.7. The van der Waals surface area contributed by atoms with Crippen LogP contribution in [0.3, 0.4) is 0 Å². The van der Waals surface area contributed by atoms with Crippen molar-refractivity contribution in [3.63, 3.8) is 0 Å². The van der Waals surface area contributed by atoms with Crippen LogP contribution in [0.5, 0.6) is 0 Å². The van der Waals surface area contributed by atoms with Crippen LogP contribution in [0.15, 0.2) is 22.9 Å². The standard InChI is InChI=1S/C24H40S2Si2/c1-5-9-17-27(18-10-6-2)21-13-15-25-23(21)24-22(14-16-26-24)28(27,19-11-7-3)20-12-8-4/h13-16H,5-12,17-20H2,1-4H3. The van der Waals surface area contributed by atoms with Gasteiger partial charge < -0.3 is 0 Å². The van der Waals surface area contributed by atoms with Crippen LogP contribution in [0.25, 0.3) is 9.75 Å². The third-order valence-electron chi connectivity index (χ3n) is 7.31. The molecule has 0 amide bonds. The van der Waals surface area contributed by atoms with E-state index in [4.69, 9.17) is 0 Å². The van der Waals surface area contributed by atoms with Gasteiger partial charge in [0.2, 0.25) is 0 Å². The molecule has 2 aromatic heterocycles. The summed E-state index contributed by atoms with van der Waals surface area (Å²) in [5.74, 6) is 0. The second kappa shape index (κ2) is 10.2. The minimum absolute atomic E-state index is 1.36. The summed E-state index contributed by atoms with van der Waals surface area (Å²) in [5, 5.41) is 8.73. The molecule has 0 bridgehead atoms. The SMILES string of the molecule is CCCC[Si]1(CCCC)c2ccsc2-c2sccc2[Si]1(CCCC)CCCC. The van der Waals surface area contributed by atoms with E-state index in [9.17, 15) is 0 Å². The van der Waals surface area contributed by atoms with Gasteiger partial charge in [-0.15, -0.1) is 22.7 Å². The number of hydrogen-bond donors (Lipinski definition) is 0. The van der Waals surface area contributed by atoms with Crippen molar-refractivity contribution < 1.29 is 0 Å². The summed E-state index contributed by atoms with van der Waals surface area (Å²) < 4.78 is 0. The van der Waals surface area contributed by atoms with Crippen molar-refractivity contribution in [2.24, 2.45) is 0 Å². The summed E-state index contributed by atoms with van der Waals surface area (Å²) >= 11 is 4.12. The Hall–Kier alpha value is -0.166. The van der Waals surface area contributed by atoms with Crippen molar-refractivity contribution in [3.8, 4) is 9.75 Å². The molecule has 1 aliphatic rings. The van der Waals surface area contributed by atoms with E-state index in [1.165, 1.54) is 51.4 Å². The van der Waals surface area contributed by atoms with Gasteiger partial charge in [-0.2, -0.15) is 0 Å². The van der Waals surface area contributed by atoms with Crippen LogP contribution in [-0.2, 0) is 0 Å². The summed E-state index contributed by atoms with van der Waals surface area (Å²) in [6.07, 6.45) is 11.3. The molecule has 3 rings (SSSR count). The topological polar surface area (TPSA) is 0 Å². The molecular weight excluding hydrogens is 409 g/mol. The predicted octanol–water partition coefficient (Wildman–Crippen LogP) is 8.08. The molecule has 2 aromatic rings. The monoisotopic (exact) mass is 448 g/mol. The zero-order valence-corrected chi connectivity index (χ0v) is 22.2. The molecule has 4 heteroatoms. The van der Waals surface area contributed by atoms with Gasteiger partial charge in [0.05, 0.1) is 15.2 Å². The van der Waals surface area contributed by atoms with E-state index in [0.29, 0.717) is 0 Å². The number of hydrogen-bond acceptors (Lipinski definition) is 2. The zero-order valence-electron chi connectivity index (χ0n) is 18.6. The van der Waals surface area contributed by atoms with Gasteiger partial charge in [-0.1, -0.05) is 115 Å². The molecule has 0 saturated carbocycles. The van der Waals surface area contributed by atoms with Gasteiger partial charge in [-0.05, 0) is 21.1 Å². The highest BCUT2D eigenvalue weighted by Gasteiger charge is 2.59. The maximum absolute atomic E-state index is 2.62. The lowest BCUT2D eigenvalue weighted by molar-refractivity contribution is 0.821. The van der Waals surface area contributed by atoms with E-state index in [-0.39, 0.29) is 0 Å². The summed E-state index contributed by atoms with van der Waals surface area (Å²) in [4.78, 5) is 3.42. The van der Waals surface area contributed by atoms with Gasteiger partial charge >= 0.3 is 0 Å². The molecule has 156 valence electrons. The highest BCUT2D eigenvalue weighted by Crippen LogP contribution is 2.47. The fraction of sp³-hybridized carbons (Fsp3) is 0.667. The van der Waals surface area contributed by atoms with Gasteiger partial charge in [0.25, 0.3) is 0 Å². The first-order valence-corrected chi connectivity index (χ1v) is 19.5. The van der Waals surface area contributed by atoms with Gasteiger partial charge in [0.15, 0.2) is 0 Å². The first-order chi connectivity index (χ1) is 13.7. The lowest BCUT2D eigenvalue weighted by Crippen LogP contribution is -2.77. The van der Waals surface area contributed by atoms with Crippen LogP contribution in [0.1, 0.15) is 79.1 Å². The van der Waals surface area contributed by atoms with Crippen molar-refractivity contribution in [2.45, 2.75) is 103 Å². The van der Waals surface area contributed by atoms with E-state index in [2.05, 4.69) is 73.3 Å². The van der Waals surface area contributed by atoms with Gasteiger partial charge in [0, 0.05) is 9.75 Å². The highest BCUT2D eigenvalue weighted by molar-refractivity contribution is 7.54. The maximum Gasteiger partial charge on any atom is 0.0876 e. The fourth-order valence-electron chi connectivity index (χ4n) is 5.90. The zero-order chi connectivity index (χ0) is 20.0. The van der Waals surface area contributed by atoms with Crippen molar-refractivity contribution in [1.29, 1.82) is 0 Å². The van der Waals surface area contributed by atoms with Crippen molar-refractivity contribution in [3.05, 3.63) is 22.9 Å². The quantitative estimate of drug-likeness (QED) is 0.288. The molecule has 28 heavy (non-hydrogen) atoms.